The number of benzene rings is 2. The van der Waals surface area contributed by atoms with Gasteiger partial charge in [-0.1, -0.05) is 36.8 Å². The van der Waals surface area contributed by atoms with Gasteiger partial charge in [0.25, 0.3) is 0 Å². The standard InChI is InChI=1S/C19H22FNO2S/c20-17-10-13-19(14-11-17)24(22,23)21-15-5-4-8-18(21)12-9-16-6-2-1-3-7-16/h1-3,6-7,10-11,13-14,18H,4-5,8-9,12,15H2. The van der Waals surface area contributed by atoms with Crippen LogP contribution in [0.25, 0.3) is 0 Å². The third kappa shape index (κ3) is 3.84. The number of halogens is 1. The predicted octanol–water partition coefficient (Wildman–Crippen LogP) is 4.00. The van der Waals surface area contributed by atoms with E-state index in [-0.39, 0.29) is 10.9 Å². The first-order valence-corrected chi connectivity index (χ1v) is 9.83. The molecule has 2 aromatic rings. The Morgan fingerprint density at radius 1 is 1.00 bits per heavy atom. The first kappa shape index (κ1) is 17.1. The average molecular weight is 347 g/mol. The molecule has 0 aromatic heterocycles. The highest BCUT2D eigenvalue weighted by Gasteiger charge is 2.33. The quantitative estimate of drug-likeness (QED) is 0.820. The summed E-state index contributed by atoms with van der Waals surface area (Å²) in [5, 5.41) is 0. The van der Waals surface area contributed by atoms with Crippen LogP contribution >= 0.6 is 0 Å². The summed E-state index contributed by atoms with van der Waals surface area (Å²) in [6, 6.07) is 15.3. The maximum Gasteiger partial charge on any atom is 0.243 e. The highest BCUT2D eigenvalue weighted by atomic mass is 32.2. The van der Waals surface area contributed by atoms with Crippen molar-refractivity contribution < 1.29 is 12.8 Å². The average Bonchev–Trinajstić information content (AvgIpc) is 2.61. The number of aryl methyl sites for hydroxylation is 1. The topological polar surface area (TPSA) is 37.4 Å². The molecule has 24 heavy (non-hydrogen) atoms. The molecule has 0 bridgehead atoms. The van der Waals surface area contributed by atoms with Crippen molar-refractivity contribution in [2.45, 2.75) is 43.0 Å². The van der Waals surface area contributed by atoms with Gasteiger partial charge in [-0.2, -0.15) is 4.31 Å². The molecule has 0 aliphatic carbocycles. The van der Waals surface area contributed by atoms with E-state index in [2.05, 4.69) is 12.1 Å². The van der Waals surface area contributed by atoms with E-state index in [1.807, 2.05) is 18.2 Å². The summed E-state index contributed by atoms with van der Waals surface area (Å²) in [6.45, 7) is 0.541. The molecular weight excluding hydrogens is 325 g/mol. The monoisotopic (exact) mass is 347 g/mol. The molecule has 1 aliphatic heterocycles. The smallest absolute Gasteiger partial charge is 0.207 e. The molecule has 1 fully saturated rings. The zero-order chi connectivity index (χ0) is 17.0. The first-order valence-electron chi connectivity index (χ1n) is 8.39. The molecule has 0 saturated carbocycles. The maximum absolute atomic E-state index is 13.1. The summed E-state index contributed by atoms with van der Waals surface area (Å²) < 4.78 is 40.6. The van der Waals surface area contributed by atoms with Gasteiger partial charge < -0.3 is 0 Å². The van der Waals surface area contributed by atoms with Crippen LogP contribution in [0.3, 0.4) is 0 Å². The van der Waals surface area contributed by atoms with E-state index in [0.29, 0.717) is 6.54 Å². The van der Waals surface area contributed by atoms with E-state index in [4.69, 9.17) is 0 Å². The van der Waals surface area contributed by atoms with Crippen LogP contribution in [0.1, 0.15) is 31.2 Å². The van der Waals surface area contributed by atoms with Crippen molar-refractivity contribution in [1.29, 1.82) is 0 Å². The Morgan fingerprint density at radius 2 is 1.71 bits per heavy atom. The zero-order valence-electron chi connectivity index (χ0n) is 13.6. The Kier molecular flexibility index (Phi) is 5.31. The molecular formula is C19H22FNO2S. The lowest BCUT2D eigenvalue weighted by atomic mass is 9.98. The fourth-order valence-electron chi connectivity index (χ4n) is 3.30. The number of sulfonamides is 1. The normalized spacial score (nSPS) is 19.3. The third-order valence-corrected chi connectivity index (χ3v) is 6.57. The van der Waals surface area contributed by atoms with Gasteiger partial charge in [0.05, 0.1) is 4.90 Å². The largest absolute Gasteiger partial charge is 0.243 e. The van der Waals surface area contributed by atoms with Crippen molar-refractivity contribution in [3.63, 3.8) is 0 Å². The lowest BCUT2D eigenvalue weighted by Gasteiger charge is -2.34. The summed E-state index contributed by atoms with van der Waals surface area (Å²) in [4.78, 5) is 0.176. The Bertz CT molecular complexity index is 760. The fourth-order valence-corrected chi connectivity index (χ4v) is 5.02. The van der Waals surface area contributed by atoms with Gasteiger partial charge in [-0.15, -0.1) is 0 Å². The lowest BCUT2D eigenvalue weighted by Crippen LogP contribution is -2.43. The lowest BCUT2D eigenvalue weighted by molar-refractivity contribution is 0.241. The zero-order valence-corrected chi connectivity index (χ0v) is 14.4. The van der Waals surface area contributed by atoms with Crippen molar-refractivity contribution >= 4 is 10.0 Å². The maximum atomic E-state index is 13.1. The Hall–Kier alpha value is -1.72. The van der Waals surface area contributed by atoms with Gasteiger partial charge in [0.2, 0.25) is 10.0 Å². The van der Waals surface area contributed by atoms with Crippen molar-refractivity contribution in [3.05, 3.63) is 66.0 Å². The molecule has 0 N–H and O–H groups in total. The van der Waals surface area contributed by atoms with Crippen LogP contribution in [0.2, 0.25) is 0 Å². The van der Waals surface area contributed by atoms with Crippen LogP contribution in [0.15, 0.2) is 59.5 Å². The summed E-state index contributed by atoms with van der Waals surface area (Å²) in [5.74, 6) is -0.423. The molecule has 2 aromatic carbocycles. The van der Waals surface area contributed by atoms with Gasteiger partial charge in [-0.05, 0) is 55.5 Å². The Labute approximate surface area is 143 Å². The molecule has 3 nitrogen and oxygen atoms in total. The second-order valence-corrected chi connectivity index (χ2v) is 8.13. The molecule has 0 spiro atoms. The summed E-state index contributed by atoms with van der Waals surface area (Å²) in [5.41, 5.74) is 1.22. The first-order chi connectivity index (χ1) is 11.6. The number of piperidine rings is 1. The van der Waals surface area contributed by atoms with E-state index in [1.165, 1.54) is 29.8 Å². The molecule has 1 atom stereocenters. The van der Waals surface area contributed by atoms with E-state index in [0.717, 1.165) is 32.1 Å². The SMILES string of the molecule is O=S(=O)(c1ccc(F)cc1)N1CCCCC1CCc1ccccc1. The van der Waals surface area contributed by atoms with Crippen LogP contribution in [-0.4, -0.2) is 25.3 Å². The van der Waals surface area contributed by atoms with E-state index in [1.54, 1.807) is 4.31 Å². The Morgan fingerprint density at radius 3 is 2.42 bits per heavy atom. The van der Waals surface area contributed by atoms with Gasteiger partial charge >= 0.3 is 0 Å². The summed E-state index contributed by atoms with van der Waals surface area (Å²) >= 11 is 0. The summed E-state index contributed by atoms with van der Waals surface area (Å²) in [6.07, 6.45) is 4.48. The molecule has 1 aliphatic rings. The molecule has 0 amide bonds. The molecule has 0 radical (unpaired) electrons. The van der Waals surface area contributed by atoms with Gasteiger partial charge in [0.1, 0.15) is 5.82 Å². The van der Waals surface area contributed by atoms with Crippen molar-refractivity contribution in [3.8, 4) is 0 Å². The van der Waals surface area contributed by atoms with Gasteiger partial charge in [-0.3, -0.25) is 0 Å². The van der Waals surface area contributed by atoms with Gasteiger partial charge in [0, 0.05) is 12.6 Å². The minimum absolute atomic E-state index is 0.00834. The van der Waals surface area contributed by atoms with E-state index >= 15 is 0 Å². The van der Waals surface area contributed by atoms with Crippen molar-refractivity contribution in [2.24, 2.45) is 0 Å². The predicted molar refractivity (Wildman–Crippen MR) is 92.7 cm³/mol. The number of hydrogen-bond donors (Lipinski definition) is 0. The minimum Gasteiger partial charge on any atom is -0.207 e. The number of rotatable bonds is 5. The molecule has 1 unspecified atom stereocenters. The van der Waals surface area contributed by atoms with Crippen LogP contribution in [0.5, 0.6) is 0 Å². The van der Waals surface area contributed by atoms with Crippen LogP contribution in [0.4, 0.5) is 4.39 Å². The minimum atomic E-state index is -3.57. The fraction of sp³-hybridized carbons (Fsp3) is 0.368. The Balaban J connectivity index is 1.77. The van der Waals surface area contributed by atoms with Crippen molar-refractivity contribution in [2.75, 3.05) is 6.54 Å². The highest BCUT2D eigenvalue weighted by molar-refractivity contribution is 7.89. The second-order valence-electron chi connectivity index (χ2n) is 6.24. The van der Waals surface area contributed by atoms with Crippen LogP contribution in [0, 0.1) is 5.82 Å². The molecule has 1 saturated heterocycles. The van der Waals surface area contributed by atoms with Crippen LogP contribution in [-0.2, 0) is 16.4 Å². The van der Waals surface area contributed by atoms with Crippen LogP contribution < -0.4 is 0 Å². The molecule has 3 rings (SSSR count). The molecule has 128 valence electrons. The number of hydrogen-bond acceptors (Lipinski definition) is 2. The molecule has 1 heterocycles. The molecule has 5 heteroatoms. The second kappa shape index (κ2) is 7.45. The highest BCUT2D eigenvalue weighted by Crippen LogP contribution is 2.28. The third-order valence-electron chi connectivity index (χ3n) is 4.60. The van der Waals surface area contributed by atoms with Crippen molar-refractivity contribution in [1.82, 2.24) is 4.31 Å². The van der Waals surface area contributed by atoms with Gasteiger partial charge in [0.15, 0.2) is 0 Å². The van der Waals surface area contributed by atoms with E-state index < -0.39 is 15.8 Å². The van der Waals surface area contributed by atoms with Gasteiger partial charge in [-0.25, -0.2) is 12.8 Å². The summed E-state index contributed by atoms with van der Waals surface area (Å²) in [7, 11) is -3.57. The van der Waals surface area contributed by atoms with E-state index in [9.17, 15) is 12.8 Å². The number of nitrogens with zero attached hydrogens (tertiary/aromatic N) is 1.